The first-order chi connectivity index (χ1) is 16.1. The Kier molecular flexibility index (Phi) is 4.30. The van der Waals surface area contributed by atoms with Crippen molar-refractivity contribution in [1.82, 2.24) is 25.1 Å². The lowest BCUT2D eigenvalue weighted by Crippen LogP contribution is -2.50. The van der Waals surface area contributed by atoms with Gasteiger partial charge in [-0.1, -0.05) is 0 Å². The highest BCUT2D eigenvalue weighted by Crippen LogP contribution is 2.64. The SMILES string of the molecule is COc1c2c(cc3c1C(c1nnnn1C(C)C14CC5CC(CC(C5)C1)C4)N(C)CC3)OCO2. The summed E-state index contributed by atoms with van der Waals surface area (Å²) in [6, 6.07) is 2.33. The van der Waals surface area contributed by atoms with Gasteiger partial charge in [-0.05, 0) is 104 Å². The standard InChI is InChI=1S/C25H33N5O3/c1-14(25-10-15-6-16(11-25)8-17(7-15)12-25)30-24(26-27-28-30)21-20-18(4-5-29(21)2)9-19-22(23(20)31-3)33-13-32-19/h9,14-17,21H,4-8,10-13H2,1-3H3. The van der Waals surface area contributed by atoms with E-state index in [0.717, 1.165) is 53.6 Å². The molecule has 0 radical (unpaired) electrons. The molecule has 8 heteroatoms. The van der Waals surface area contributed by atoms with Crippen molar-refractivity contribution in [2.75, 3.05) is 27.5 Å². The minimum atomic E-state index is -0.0791. The van der Waals surface area contributed by atoms with Crippen LogP contribution in [0.25, 0.3) is 0 Å². The van der Waals surface area contributed by atoms with E-state index in [2.05, 4.69) is 45.1 Å². The van der Waals surface area contributed by atoms with Crippen LogP contribution in [0.3, 0.4) is 0 Å². The van der Waals surface area contributed by atoms with Crippen LogP contribution in [0.5, 0.6) is 17.2 Å². The van der Waals surface area contributed by atoms with E-state index in [-0.39, 0.29) is 18.9 Å². The Balaban J connectivity index is 1.32. The lowest BCUT2D eigenvalue weighted by molar-refractivity contribution is -0.0822. The number of hydrogen-bond donors (Lipinski definition) is 0. The van der Waals surface area contributed by atoms with Crippen molar-refractivity contribution in [3.63, 3.8) is 0 Å². The van der Waals surface area contributed by atoms with Crippen LogP contribution in [0.15, 0.2) is 6.07 Å². The van der Waals surface area contributed by atoms with Crippen molar-refractivity contribution < 1.29 is 14.2 Å². The van der Waals surface area contributed by atoms with Gasteiger partial charge in [0.2, 0.25) is 12.5 Å². The molecule has 1 aromatic heterocycles. The van der Waals surface area contributed by atoms with Gasteiger partial charge >= 0.3 is 0 Å². The van der Waals surface area contributed by atoms with Crippen LogP contribution in [0.2, 0.25) is 0 Å². The Morgan fingerprint density at radius 2 is 1.85 bits per heavy atom. The molecule has 4 fully saturated rings. The quantitative estimate of drug-likeness (QED) is 0.701. The summed E-state index contributed by atoms with van der Waals surface area (Å²) in [4.78, 5) is 2.35. The molecular weight excluding hydrogens is 418 g/mol. The smallest absolute Gasteiger partial charge is 0.231 e. The molecular formula is C25H33N5O3. The summed E-state index contributed by atoms with van der Waals surface area (Å²) in [6.45, 7) is 3.53. The molecule has 0 amide bonds. The Labute approximate surface area is 194 Å². The van der Waals surface area contributed by atoms with Gasteiger partial charge in [0.05, 0.1) is 13.2 Å². The highest BCUT2D eigenvalue weighted by molar-refractivity contribution is 5.62. The van der Waals surface area contributed by atoms with Crippen LogP contribution in [-0.4, -0.2) is 52.6 Å². The molecule has 8 nitrogen and oxygen atoms in total. The molecule has 1 aromatic carbocycles. The van der Waals surface area contributed by atoms with Gasteiger partial charge in [0.15, 0.2) is 17.3 Å². The molecule has 6 aliphatic rings. The second kappa shape index (κ2) is 7.08. The van der Waals surface area contributed by atoms with Crippen LogP contribution in [-0.2, 0) is 6.42 Å². The molecule has 4 saturated carbocycles. The number of nitrogens with zero attached hydrogens (tertiary/aromatic N) is 5. The number of fused-ring (bicyclic) bond motifs is 2. The predicted octanol–water partition coefficient (Wildman–Crippen LogP) is 3.77. The summed E-state index contributed by atoms with van der Waals surface area (Å²) in [5.41, 5.74) is 2.67. The highest BCUT2D eigenvalue weighted by atomic mass is 16.7. The first kappa shape index (κ1) is 20.1. The summed E-state index contributed by atoms with van der Waals surface area (Å²) in [5, 5.41) is 13.5. The first-order valence-corrected chi connectivity index (χ1v) is 12.5. The Bertz CT molecular complexity index is 1060. The molecule has 3 heterocycles. The molecule has 0 spiro atoms. The molecule has 2 atom stereocenters. The molecule has 4 bridgehead atoms. The van der Waals surface area contributed by atoms with E-state index in [1.54, 1.807) is 7.11 Å². The number of ether oxygens (including phenoxy) is 3. The third-order valence-electron chi connectivity index (χ3n) is 9.50. The fraction of sp³-hybridized carbons (Fsp3) is 0.720. The maximum Gasteiger partial charge on any atom is 0.231 e. The lowest BCUT2D eigenvalue weighted by Gasteiger charge is -2.59. The Morgan fingerprint density at radius 1 is 1.12 bits per heavy atom. The summed E-state index contributed by atoms with van der Waals surface area (Å²) in [5.74, 6) is 5.84. The third-order valence-corrected chi connectivity index (χ3v) is 9.50. The number of methoxy groups -OCH3 is 1. The maximum absolute atomic E-state index is 5.92. The first-order valence-electron chi connectivity index (χ1n) is 12.5. The second-order valence-electron chi connectivity index (χ2n) is 11.3. The fourth-order valence-corrected chi connectivity index (χ4v) is 8.36. The van der Waals surface area contributed by atoms with Crippen molar-refractivity contribution >= 4 is 0 Å². The van der Waals surface area contributed by atoms with E-state index in [1.807, 2.05) is 0 Å². The van der Waals surface area contributed by atoms with Gasteiger partial charge in [-0.25, -0.2) is 4.68 Å². The van der Waals surface area contributed by atoms with Crippen LogP contribution >= 0.6 is 0 Å². The maximum atomic E-state index is 5.92. The van der Waals surface area contributed by atoms with Crippen molar-refractivity contribution in [3.8, 4) is 17.2 Å². The number of aromatic nitrogens is 4. The zero-order valence-electron chi connectivity index (χ0n) is 19.8. The van der Waals surface area contributed by atoms with Gasteiger partial charge in [0, 0.05) is 12.1 Å². The lowest BCUT2D eigenvalue weighted by atomic mass is 9.48. The van der Waals surface area contributed by atoms with Gasteiger partial charge in [-0.15, -0.1) is 5.10 Å². The number of tetrazole rings is 1. The molecule has 8 rings (SSSR count). The Hall–Kier alpha value is -2.35. The topological polar surface area (TPSA) is 74.5 Å². The monoisotopic (exact) mass is 451 g/mol. The molecule has 4 aliphatic carbocycles. The van der Waals surface area contributed by atoms with Gasteiger partial charge in [-0.2, -0.15) is 0 Å². The van der Waals surface area contributed by atoms with E-state index in [1.165, 1.54) is 44.1 Å². The van der Waals surface area contributed by atoms with Gasteiger partial charge in [-0.3, -0.25) is 4.90 Å². The molecule has 176 valence electrons. The third kappa shape index (κ3) is 2.82. The minimum Gasteiger partial charge on any atom is -0.492 e. The fourth-order valence-electron chi connectivity index (χ4n) is 8.36. The molecule has 33 heavy (non-hydrogen) atoms. The molecule has 2 aliphatic heterocycles. The van der Waals surface area contributed by atoms with E-state index < -0.39 is 0 Å². The second-order valence-corrected chi connectivity index (χ2v) is 11.3. The van der Waals surface area contributed by atoms with Crippen LogP contribution in [0.4, 0.5) is 0 Å². The van der Waals surface area contributed by atoms with Gasteiger partial charge in [0.1, 0.15) is 6.04 Å². The largest absolute Gasteiger partial charge is 0.492 e. The van der Waals surface area contributed by atoms with Crippen molar-refractivity contribution in [1.29, 1.82) is 0 Å². The van der Waals surface area contributed by atoms with E-state index in [9.17, 15) is 0 Å². The van der Waals surface area contributed by atoms with Crippen molar-refractivity contribution in [3.05, 3.63) is 23.0 Å². The van der Waals surface area contributed by atoms with Crippen molar-refractivity contribution in [2.45, 2.75) is 64.0 Å². The zero-order chi connectivity index (χ0) is 22.3. The summed E-state index contributed by atoms with van der Waals surface area (Å²) in [7, 11) is 3.87. The van der Waals surface area contributed by atoms with Crippen molar-refractivity contribution in [2.24, 2.45) is 23.2 Å². The normalized spacial score (nSPS) is 35.0. The molecule has 2 aromatic rings. The average Bonchev–Trinajstić information content (AvgIpc) is 3.45. The molecule has 2 unspecified atom stereocenters. The van der Waals surface area contributed by atoms with E-state index in [4.69, 9.17) is 14.2 Å². The van der Waals surface area contributed by atoms with Crippen LogP contribution < -0.4 is 14.2 Å². The minimum absolute atomic E-state index is 0.0791. The van der Waals surface area contributed by atoms with Gasteiger partial charge in [0.25, 0.3) is 0 Å². The number of benzene rings is 1. The van der Waals surface area contributed by atoms with Crippen LogP contribution in [0.1, 0.15) is 74.5 Å². The van der Waals surface area contributed by atoms with E-state index in [0.29, 0.717) is 11.2 Å². The number of likely N-dealkylation sites (N-methyl/N-ethyl adjacent to an activating group) is 1. The van der Waals surface area contributed by atoms with E-state index >= 15 is 0 Å². The highest BCUT2D eigenvalue weighted by Gasteiger charge is 2.54. The molecule has 0 N–H and O–H groups in total. The molecule has 0 saturated heterocycles. The number of rotatable bonds is 4. The average molecular weight is 452 g/mol. The van der Waals surface area contributed by atoms with Crippen LogP contribution in [0, 0.1) is 23.2 Å². The summed E-state index contributed by atoms with van der Waals surface area (Å²) < 4.78 is 19.6. The summed E-state index contributed by atoms with van der Waals surface area (Å²) >= 11 is 0. The zero-order valence-corrected chi connectivity index (χ0v) is 19.8. The van der Waals surface area contributed by atoms with Gasteiger partial charge < -0.3 is 14.2 Å². The number of hydrogen-bond acceptors (Lipinski definition) is 7. The Morgan fingerprint density at radius 3 is 2.55 bits per heavy atom. The summed E-state index contributed by atoms with van der Waals surface area (Å²) in [6.07, 6.45) is 9.25. The predicted molar refractivity (Wildman–Crippen MR) is 120 cm³/mol.